The van der Waals surface area contributed by atoms with Crippen molar-refractivity contribution in [3.8, 4) is 0 Å². The molecule has 3 heterocycles. The third kappa shape index (κ3) is 3.38. The van der Waals surface area contributed by atoms with Crippen molar-refractivity contribution in [1.29, 1.82) is 0 Å². The average Bonchev–Trinajstić information content (AvgIpc) is 3.06. The molecule has 0 aliphatic carbocycles. The second-order valence-electron chi connectivity index (χ2n) is 5.78. The molecule has 2 N–H and O–H groups in total. The molecule has 0 aliphatic heterocycles. The quantitative estimate of drug-likeness (QED) is 0.739. The lowest BCUT2D eigenvalue weighted by molar-refractivity contribution is -0.121. The summed E-state index contributed by atoms with van der Waals surface area (Å²) in [5.41, 5.74) is 2.84. The summed E-state index contributed by atoms with van der Waals surface area (Å²) in [5, 5.41) is 4.94. The van der Waals surface area contributed by atoms with Crippen LogP contribution in [0.1, 0.15) is 42.0 Å². The van der Waals surface area contributed by atoms with Gasteiger partial charge >= 0.3 is 5.69 Å². The Hall–Kier alpha value is -2.48. The maximum Gasteiger partial charge on any atom is 0.345 e. The van der Waals surface area contributed by atoms with Gasteiger partial charge in [0.25, 0.3) is 0 Å². The summed E-state index contributed by atoms with van der Waals surface area (Å²) >= 11 is 1.56. The van der Waals surface area contributed by atoms with Crippen molar-refractivity contribution in [2.75, 3.05) is 0 Å². The number of hydrogen-bond donors (Lipinski definition) is 2. The summed E-state index contributed by atoms with van der Waals surface area (Å²) in [7, 11) is 0. The number of imidazole rings is 1. The maximum atomic E-state index is 12.2. The van der Waals surface area contributed by atoms with Crippen LogP contribution in [0.15, 0.2) is 22.6 Å². The van der Waals surface area contributed by atoms with Gasteiger partial charge in [-0.2, -0.15) is 4.98 Å². The molecule has 0 bridgehead atoms. The number of nitrogens with one attached hydrogen (secondary N) is 2. The largest absolute Gasteiger partial charge is 0.348 e. The van der Waals surface area contributed by atoms with Crippen LogP contribution in [0, 0.1) is 13.8 Å². The fourth-order valence-electron chi connectivity index (χ4n) is 2.70. The lowest BCUT2D eigenvalue weighted by Gasteiger charge is -2.12. The lowest BCUT2D eigenvalue weighted by Crippen LogP contribution is -2.27. The summed E-state index contributed by atoms with van der Waals surface area (Å²) < 4.78 is 1.95. The van der Waals surface area contributed by atoms with Gasteiger partial charge in [-0.3, -0.25) is 9.20 Å². The van der Waals surface area contributed by atoms with Gasteiger partial charge in [0.15, 0.2) is 4.96 Å². The molecule has 8 heteroatoms. The van der Waals surface area contributed by atoms with Crippen LogP contribution in [0.2, 0.25) is 0 Å². The highest BCUT2D eigenvalue weighted by molar-refractivity contribution is 7.15. The highest BCUT2D eigenvalue weighted by atomic mass is 32.1. The minimum absolute atomic E-state index is 0.0520. The van der Waals surface area contributed by atoms with Crippen LogP contribution >= 0.6 is 11.3 Å². The van der Waals surface area contributed by atoms with Crippen LogP contribution < -0.4 is 11.0 Å². The number of thiazole rings is 1. The predicted octanol–water partition coefficient (Wildman–Crippen LogP) is 1.91. The molecule has 7 nitrogen and oxygen atoms in total. The van der Waals surface area contributed by atoms with Crippen LogP contribution in [0.4, 0.5) is 0 Å². The first-order valence-electron chi connectivity index (χ1n) is 7.72. The van der Waals surface area contributed by atoms with Crippen LogP contribution in [0.5, 0.6) is 0 Å². The highest BCUT2D eigenvalue weighted by Crippen LogP contribution is 2.17. The Morgan fingerprint density at radius 1 is 1.42 bits per heavy atom. The fourth-order valence-corrected chi connectivity index (χ4v) is 3.41. The van der Waals surface area contributed by atoms with Crippen molar-refractivity contribution in [3.63, 3.8) is 0 Å². The molecule has 0 spiro atoms. The van der Waals surface area contributed by atoms with Gasteiger partial charge in [-0.05, 0) is 32.8 Å². The van der Waals surface area contributed by atoms with E-state index in [-0.39, 0.29) is 17.6 Å². The van der Waals surface area contributed by atoms with Crippen molar-refractivity contribution in [1.82, 2.24) is 24.7 Å². The Kier molecular flexibility index (Phi) is 4.48. The molecule has 0 fully saturated rings. The Morgan fingerprint density at radius 3 is 2.92 bits per heavy atom. The fraction of sp³-hybridized carbons (Fsp3) is 0.375. The maximum absolute atomic E-state index is 12.2. The molecule has 126 valence electrons. The SMILES string of the molecule is Cc1nc(=O)[nH]c(C)c1CCC(=O)NC(C)c1cn2ccsc2n1. The lowest BCUT2D eigenvalue weighted by atomic mass is 10.1. The minimum Gasteiger partial charge on any atom is -0.348 e. The summed E-state index contributed by atoms with van der Waals surface area (Å²) in [6.07, 6.45) is 4.75. The number of amides is 1. The van der Waals surface area contributed by atoms with E-state index in [0.29, 0.717) is 18.5 Å². The third-order valence-corrected chi connectivity index (χ3v) is 4.76. The summed E-state index contributed by atoms with van der Waals surface area (Å²) in [5.74, 6) is -0.0520. The van der Waals surface area contributed by atoms with E-state index in [4.69, 9.17) is 0 Å². The van der Waals surface area contributed by atoms with Crippen molar-refractivity contribution in [3.05, 3.63) is 50.9 Å². The van der Waals surface area contributed by atoms with Gasteiger partial charge in [0.05, 0.1) is 11.7 Å². The van der Waals surface area contributed by atoms with Crippen LogP contribution in [0.3, 0.4) is 0 Å². The van der Waals surface area contributed by atoms with Crippen molar-refractivity contribution < 1.29 is 4.79 Å². The number of carbonyl (C=O) groups is 1. The van der Waals surface area contributed by atoms with Crippen LogP contribution in [0.25, 0.3) is 4.96 Å². The van der Waals surface area contributed by atoms with Gasteiger partial charge in [0.2, 0.25) is 5.91 Å². The van der Waals surface area contributed by atoms with E-state index in [1.165, 1.54) is 0 Å². The number of hydrogen-bond acceptors (Lipinski definition) is 5. The topological polar surface area (TPSA) is 92.1 Å². The van der Waals surface area contributed by atoms with Crippen LogP contribution in [-0.2, 0) is 11.2 Å². The van der Waals surface area contributed by atoms with Gasteiger partial charge in [0, 0.05) is 35.6 Å². The zero-order chi connectivity index (χ0) is 17.3. The molecule has 24 heavy (non-hydrogen) atoms. The molecule has 1 unspecified atom stereocenters. The third-order valence-electron chi connectivity index (χ3n) is 3.99. The Labute approximate surface area is 142 Å². The van der Waals surface area contributed by atoms with E-state index in [1.807, 2.05) is 36.0 Å². The van der Waals surface area contributed by atoms with Crippen molar-refractivity contribution in [2.24, 2.45) is 0 Å². The number of aromatic nitrogens is 4. The van der Waals surface area contributed by atoms with Gasteiger partial charge in [-0.15, -0.1) is 11.3 Å². The first-order chi connectivity index (χ1) is 11.4. The van der Waals surface area contributed by atoms with E-state index in [2.05, 4.69) is 20.3 Å². The average molecular weight is 345 g/mol. The molecule has 3 aromatic rings. The first kappa shape index (κ1) is 16.4. The molecule has 3 rings (SSSR count). The molecule has 0 saturated heterocycles. The molecular formula is C16H19N5O2S. The summed E-state index contributed by atoms with van der Waals surface area (Å²) in [4.78, 5) is 35.5. The normalized spacial score (nSPS) is 12.5. The van der Waals surface area contributed by atoms with Gasteiger partial charge in [0.1, 0.15) is 0 Å². The van der Waals surface area contributed by atoms with Gasteiger partial charge in [-0.25, -0.2) is 9.78 Å². The second-order valence-corrected chi connectivity index (χ2v) is 6.65. The monoisotopic (exact) mass is 345 g/mol. The number of carbonyl (C=O) groups excluding carboxylic acids is 1. The predicted molar refractivity (Wildman–Crippen MR) is 92.3 cm³/mol. The van der Waals surface area contributed by atoms with Crippen LogP contribution in [-0.4, -0.2) is 25.3 Å². The molecule has 1 atom stereocenters. The standard InChI is InChI=1S/C16H19N5O2S/c1-9-12(10(2)19-15(23)18-9)4-5-14(22)17-11(3)13-8-21-6-7-24-16(21)20-13/h6-8,11H,4-5H2,1-3H3,(H,17,22)(H,18,19,23). The van der Waals surface area contributed by atoms with Gasteiger partial charge in [-0.1, -0.05) is 0 Å². The molecule has 0 saturated carbocycles. The summed E-state index contributed by atoms with van der Waals surface area (Å²) in [6, 6.07) is -0.152. The number of rotatable bonds is 5. The number of aryl methyl sites for hydroxylation is 2. The zero-order valence-corrected chi connectivity index (χ0v) is 14.6. The van der Waals surface area contributed by atoms with Gasteiger partial charge < -0.3 is 10.3 Å². The Morgan fingerprint density at radius 2 is 2.21 bits per heavy atom. The van der Waals surface area contributed by atoms with Crippen molar-refractivity contribution >= 4 is 22.2 Å². The Bertz CT molecular complexity index is 885. The zero-order valence-electron chi connectivity index (χ0n) is 13.8. The minimum atomic E-state index is -0.355. The molecular weight excluding hydrogens is 326 g/mol. The molecule has 0 aliphatic rings. The smallest absolute Gasteiger partial charge is 0.345 e. The first-order valence-corrected chi connectivity index (χ1v) is 8.60. The second kappa shape index (κ2) is 6.56. The number of fused-ring (bicyclic) bond motifs is 1. The molecule has 3 aromatic heterocycles. The number of nitrogens with zero attached hydrogens (tertiary/aromatic N) is 3. The van der Waals surface area contributed by atoms with E-state index in [0.717, 1.165) is 21.9 Å². The van der Waals surface area contributed by atoms with E-state index < -0.39 is 0 Å². The molecule has 0 aromatic carbocycles. The van der Waals surface area contributed by atoms with E-state index >= 15 is 0 Å². The van der Waals surface area contributed by atoms with E-state index in [9.17, 15) is 9.59 Å². The number of aromatic amines is 1. The Balaban J connectivity index is 1.61. The highest BCUT2D eigenvalue weighted by Gasteiger charge is 2.15. The van der Waals surface area contributed by atoms with E-state index in [1.54, 1.807) is 18.3 Å². The number of H-pyrrole nitrogens is 1. The summed E-state index contributed by atoms with van der Waals surface area (Å²) in [6.45, 7) is 5.53. The molecule has 1 amide bonds. The molecule has 0 radical (unpaired) electrons. The van der Waals surface area contributed by atoms with Crippen molar-refractivity contribution in [2.45, 2.75) is 39.7 Å².